The molecule has 0 saturated carbocycles. The van der Waals surface area contributed by atoms with Gasteiger partial charge in [0.2, 0.25) is 0 Å². The molecular formula is C21H21N3O3S. The standard InChI is InChI=1S/C21H21N3O3S/c1-12(16-6-5-9-27-16)22-20-19-15(11-28-21(19)24-13(2)23-20)14-7-8-17(25-3)18(10-14)26-4/h5-12H,1-4H3,(H,22,23,24)/t12-/m1/s1. The maximum Gasteiger partial charge on any atom is 0.161 e. The van der Waals surface area contributed by atoms with E-state index in [1.54, 1.807) is 31.8 Å². The molecule has 1 aromatic carbocycles. The van der Waals surface area contributed by atoms with Crippen molar-refractivity contribution >= 4 is 27.4 Å². The maximum atomic E-state index is 5.53. The summed E-state index contributed by atoms with van der Waals surface area (Å²) < 4.78 is 16.4. The Bertz CT molecular complexity index is 1110. The number of rotatable bonds is 6. The van der Waals surface area contributed by atoms with Gasteiger partial charge in [0.1, 0.15) is 22.2 Å². The Labute approximate surface area is 167 Å². The van der Waals surface area contributed by atoms with Crippen LogP contribution in [0.15, 0.2) is 46.4 Å². The number of nitrogens with one attached hydrogen (secondary N) is 1. The minimum absolute atomic E-state index is 0.0225. The molecule has 0 spiro atoms. The zero-order valence-electron chi connectivity index (χ0n) is 16.1. The molecule has 0 aliphatic heterocycles. The number of fused-ring (bicyclic) bond motifs is 1. The smallest absolute Gasteiger partial charge is 0.161 e. The highest BCUT2D eigenvalue weighted by Crippen LogP contribution is 2.40. The van der Waals surface area contributed by atoms with Gasteiger partial charge in [-0.15, -0.1) is 11.3 Å². The molecule has 0 aliphatic rings. The zero-order valence-corrected chi connectivity index (χ0v) is 17.0. The molecule has 0 aliphatic carbocycles. The molecule has 0 saturated heterocycles. The fourth-order valence-electron chi connectivity index (χ4n) is 3.18. The van der Waals surface area contributed by atoms with Crippen LogP contribution >= 0.6 is 11.3 Å². The zero-order chi connectivity index (χ0) is 19.7. The number of benzene rings is 1. The van der Waals surface area contributed by atoms with E-state index in [2.05, 4.69) is 20.7 Å². The summed E-state index contributed by atoms with van der Waals surface area (Å²) in [6.07, 6.45) is 1.67. The van der Waals surface area contributed by atoms with Crippen LogP contribution in [0.25, 0.3) is 21.3 Å². The van der Waals surface area contributed by atoms with Gasteiger partial charge in [-0.1, -0.05) is 6.07 Å². The lowest BCUT2D eigenvalue weighted by Crippen LogP contribution is -2.08. The molecule has 4 aromatic rings. The lowest BCUT2D eigenvalue weighted by atomic mass is 10.0. The van der Waals surface area contributed by atoms with Gasteiger partial charge >= 0.3 is 0 Å². The molecule has 1 atom stereocenters. The van der Waals surface area contributed by atoms with Crippen LogP contribution in [0.2, 0.25) is 0 Å². The second-order valence-electron chi connectivity index (χ2n) is 6.40. The summed E-state index contributed by atoms with van der Waals surface area (Å²) in [7, 11) is 3.27. The van der Waals surface area contributed by atoms with Crippen molar-refractivity contribution in [1.82, 2.24) is 9.97 Å². The number of hydrogen-bond acceptors (Lipinski definition) is 7. The molecule has 7 heteroatoms. The molecule has 0 amide bonds. The van der Waals surface area contributed by atoms with Crippen LogP contribution < -0.4 is 14.8 Å². The van der Waals surface area contributed by atoms with Gasteiger partial charge in [0.15, 0.2) is 11.5 Å². The summed E-state index contributed by atoms with van der Waals surface area (Å²) in [5.74, 6) is 3.75. The van der Waals surface area contributed by atoms with Crippen molar-refractivity contribution in [3.63, 3.8) is 0 Å². The van der Waals surface area contributed by atoms with Crippen LogP contribution in [-0.4, -0.2) is 24.2 Å². The van der Waals surface area contributed by atoms with Crippen molar-refractivity contribution in [3.05, 3.63) is 53.6 Å². The molecule has 0 unspecified atom stereocenters. The summed E-state index contributed by atoms with van der Waals surface area (Å²) in [4.78, 5) is 10.2. The van der Waals surface area contributed by atoms with E-state index in [4.69, 9.17) is 13.9 Å². The molecule has 6 nitrogen and oxygen atoms in total. The summed E-state index contributed by atoms with van der Waals surface area (Å²) in [6, 6.07) is 9.71. The molecule has 0 fully saturated rings. The highest BCUT2D eigenvalue weighted by Gasteiger charge is 2.18. The lowest BCUT2D eigenvalue weighted by Gasteiger charge is -2.15. The third kappa shape index (κ3) is 3.29. The van der Waals surface area contributed by atoms with E-state index in [0.29, 0.717) is 11.5 Å². The number of ether oxygens (including phenoxy) is 2. The van der Waals surface area contributed by atoms with Crippen LogP contribution in [0.1, 0.15) is 24.6 Å². The minimum atomic E-state index is -0.0225. The molecule has 28 heavy (non-hydrogen) atoms. The van der Waals surface area contributed by atoms with Gasteiger partial charge in [0.25, 0.3) is 0 Å². The highest BCUT2D eigenvalue weighted by atomic mass is 32.1. The van der Waals surface area contributed by atoms with E-state index >= 15 is 0 Å². The number of methoxy groups -OCH3 is 2. The van der Waals surface area contributed by atoms with Gasteiger partial charge < -0.3 is 19.2 Å². The van der Waals surface area contributed by atoms with Crippen molar-refractivity contribution < 1.29 is 13.9 Å². The van der Waals surface area contributed by atoms with E-state index in [9.17, 15) is 0 Å². The predicted octanol–water partition coefficient (Wildman–Crippen LogP) is 5.45. The molecule has 144 valence electrons. The second kappa shape index (κ2) is 7.52. The molecular weight excluding hydrogens is 374 g/mol. The van der Waals surface area contributed by atoms with Crippen LogP contribution in [-0.2, 0) is 0 Å². The monoisotopic (exact) mass is 395 g/mol. The van der Waals surface area contributed by atoms with Gasteiger partial charge in [-0.3, -0.25) is 0 Å². The van der Waals surface area contributed by atoms with E-state index in [-0.39, 0.29) is 6.04 Å². The summed E-state index contributed by atoms with van der Waals surface area (Å²) in [5.41, 5.74) is 2.07. The third-order valence-corrected chi connectivity index (χ3v) is 5.44. The quantitative estimate of drug-likeness (QED) is 0.468. The molecule has 3 heterocycles. The predicted molar refractivity (Wildman–Crippen MR) is 111 cm³/mol. The first-order valence-electron chi connectivity index (χ1n) is 8.89. The number of nitrogens with zero attached hydrogens (tertiary/aromatic N) is 2. The van der Waals surface area contributed by atoms with Crippen LogP contribution in [0.4, 0.5) is 5.82 Å². The van der Waals surface area contributed by atoms with Crippen LogP contribution in [0, 0.1) is 6.92 Å². The Morgan fingerprint density at radius 2 is 1.93 bits per heavy atom. The molecule has 4 rings (SSSR count). The first-order valence-corrected chi connectivity index (χ1v) is 9.77. The van der Waals surface area contributed by atoms with Crippen molar-refractivity contribution in [2.75, 3.05) is 19.5 Å². The number of anilines is 1. The van der Waals surface area contributed by atoms with Crippen molar-refractivity contribution in [2.45, 2.75) is 19.9 Å². The largest absolute Gasteiger partial charge is 0.493 e. The van der Waals surface area contributed by atoms with Crippen molar-refractivity contribution in [1.29, 1.82) is 0 Å². The minimum Gasteiger partial charge on any atom is -0.493 e. The summed E-state index contributed by atoms with van der Waals surface area (Å²) in [6.45, 7) is 3.95. The molecule has 0 radical (unpaired) electrons. The van der Waals surface area contributed by atoms with E-state index < -0.39 is 0 Å². The summed E-state index contributed by atoms with van der Waals surface area (Å²) in [5, 5.41) is 6.57. The Morgan fingerprint density at radius 3 is 2.64 bits per heavy atom. The first kappa shape index (κ1) is 18.3. The summed E-state index contributed by atoms with van der Waals surface area (Å²) >= 11 is 1.60. The van der Waals surface area contributed by atoms with Gasteiger partial charge in [0, 0.05) is 10.9 Å². The SMILES string of the molecule is COc1ccc(-c2csc3nc(C)nc(N[C@H](C)c4ccco4)c23)cc1OC. The third-order valence-electron chi connectivity index (χ3n) is 4.56. The van der Waals surface area contributed by atoms with Gasteiger partial charge in [-0.2, -0.15) is 0 Å². The first-order chi connectivity index (χ1) is 13.6. The van der Waals surface area contributed by atoms with E-state index in [1.807, 2.05) is 44.2 Å². The number of aryl methyl sites for hydroxylation is 1. The topological polar surface area (TPSA) is 69.4 Å². The molecule has 3 aromatic heterocycles. The Balaban J connectivity index is 1.82. The maximum absolute atomic E-state index is 5.53. The van der Waals surface area contributed by atoms with Gasteiger partial charge in [0.05, 0.1) is 31.9 Å². The Hall–Kier alpha value is -3.06. The van der Waals surface area contributed by atoms with E-state index in [0.717, 1.165) is 38.7 Å². The lowest BCUT2D eigenvalue weighted by molar-refractivity contribution is 0.355. The second-order valence-corrected chi connectivity index (χ2v) is 7.26. The highest BCUT2D eigenvalue weighted by molar-refractivity contribution is 7.17. The van der Waals surface area contributed by atoms with Crippen LogP contribution in [0.5, 0.6) is 11.5 Å². The van der Waals surface area contributed by atoms with Gasteiger partial charge in [-0.25, -0.2) is 9.97 Å². The fraction of sp³-hybridized carbons (Fsp3) is 0.238. The van der Waals surface area contributed by atoms with Crippen molar-refractivity contribution in [3.8, 4) is 22.6 Å². The molecule has 1 N–H and O–H groups in total. The molecule has 0 bridgehead atoms. The normalized spacial score (nSPS) is 12.1. The van der Waals surface area contributed by atoms with Crippen molar-refractivity contribution in [2.24, 2.45) is 0 Å². The number of furan rings is 1. The van der Waals surface area contributed by atoms with E-state index in [1.165, 1.54) is 0 Å². The van der Waals surface area contributed by atoms with Gasteiger partial charge in [-0.05, 0) is 43.7 Å². The fourth-order valence-corrected chi connectivity index (χ4v) is 4.18. The number of aromatic nitrogens is 2. The Morgan fingerprint density at radius 1 is 1.11 bits per heavy atom. The number of thiophene rings is 1. The average Bonchev–Trinajstić information content (AvgIpc) is 3.37. The number of hydrogen-bond donors (Lipinski definition) is 1. The Kier molecular flexibility index (Phi) is 4.92. The van der Waals surface area contributed by atoms with Crippen LogP contribution in [0.3, 0.4) is 0 Å². The average molecular weight is 395 g/mol.